The summed E-state index contributed by atoms with van der Waals surface area (Å²) < 4.78 is 10.2. The molecule has 1 atom stereocenters. The lowest BCUT2D eigenvalue weighted by Crippen LogP contribution is -2.31. The molecule has 0 radical (unpaired) electrons. The molecule has 166 valence electrons. The van der Waals surface area contributed by atoms with Crippen LogP contribution in [0, 0.1) is 13.8 Å². The SMILES string of the molecule is C=Cc1ncc2cnc(-c3c(C)nn(C)c3OC(C)CN(C)Cc3ccccc3C)cn12. The van der Waals surface area contributed by atoms with Gasteiger partial charge >= 0.3 is 0 Å². The zero-order chi connectivity index (χ0) is 22.8. The monoisotopic (exact) mass is 430 g/mol. The summed E-state index contributed by atoms with van der Waals surface area (Å²) in [6.45, 7) is 11.7. The van der Waals surface area contributed by atoms with E-state index in [2.05, 4.69) is 71.7 Å². The van der Waals surface area contributed by atoms with Crippen molar-refractivity contribution in [1.29, 1.82) is 0 Å². The molecule has 0 aliphatic carbocycles. The Labute approximate surface area is 189 Å². The molecule has 7 heteroatoms. The smallest absolute Gasteiger partial charge is 0.221 e. The molecule has 3 heterocycles. The Hall–Kier alpha value is -3.45. The van der Waals surface area contributed by atoms with Gasteiger partial charge in [0.15, 0.2) is 0 Å². The van der Waals surface area contributed by atoms with Gasteiger partial charge in [0.05, 0.1) is 34.9 Å². The van der Waals surface area contributed by atoms with E-state index in [1.54, 1.807) is 17.0 Å². The minimum absolute atomic E-state index is 0.0294. The van der Waals surface area contributed by atoms with Crippen LogP contribution in [0.5, 0.6) is 5.88 Å². The van der Waals surface area contributed by atoms with Crippen molar-refractivity contribution in [2.45, 2.75) is 33.4 Å². The van der Waals surface area contributed by atoms with Gasteiger partial charge in [0.2, 0.25) is 5.88 Å². The quantitative estimate of drug-likeness (QED) is 0.417. The largest absolute Gasteiger partial charge is 0.473 e. The van der Waals surface area contributed by atoms with Gasteiger partial charge in [-0.05, 0) is 45.0 Å². The number of imidazole rings is 1. The molecule has 0 saturated carbocycles. The maximum Gasteiger partial charge on any atom is 0.221 e. The lowest BCUT2D eigenvalue weighted by molar-refractivity contribution is 0.148. The highest BCUT2D eigenvalue weighted by Crippen LogP contribution is 2.32. The minimum Gasteiger partial charge on any atom is -0.473 e. The van der Waals surface area contributed by atoms with Crippen molar-refractivity contribution in [3.63, 3.8) is 0 Å². The molecule has 32 heavy (non-hydrogen) atoms. The molecular weight excluding hydrogens is 400 g/mol. The van der Waals surface area contributed by atoms with Gasteiger partial charge < -0.3 is 4.74 Å². The normalized spacial score (nSPS) is 12.4. The predicted molar refractivity (Wildman–Crippen MR) is 128 cm³/mol. The third kappa shape index (κ3) is 4.29. The number of hydrogen-bond donors (Lipinski definition) is 0. The molecule has 7 nitrogen and oxygen atoms in total. The molecule has 1 unspecified atom stereocenters. The van der Waals surface area contributed by atoms with E-state index in [0.717, 1.165) is 41.4 Å². The van der Waals surface area contributed by atoms with E-state index in [4.69, 9.17) is 4.74 Å². The van der Waals surface area contributed by atoms with Crippen LogP contribution in [0.4, 0.5) is 0 Å². The van der Waals surface area contributed by atoms with Gasteiger partial charge in [-0.3, -0.25) is 14.3 Å². The van der Waals surface area contributed by atoms with Crippen LogP contribution < -0.4 is 4.74 Å². The molecule has 0 N–H and O–H groups in total. The maximum atomic E-state index is 6.41. The Morgan fingerprint density at radius 1 is 1.19 bits per heavy atom. The highest BCUT2D eigenvalue weighted by molar-refractivity contribution is 5.69. The third-order valence-corrected chi connectivity index (χ3v) is 5.63. The third-order valence-electron chi connectivity index (χ3n) is 5.63. The molecular formula is C25H30N6O. The molecule has 0 amide bonds. The number of rotatable bonds is 8. The van der Waals surface area contributed by atoms with Crippen LogP contribution in [0.15, 0.2) is 49.4 Å². The molecule has 0 fully saturated rings. The van der Waals surface area contributed by atoms with Crippen molar-refractivity contribution >= 4 is 11.6 Å². The number of likely N-dealkylation sites (N-methyl/N-ethyl adjacent to an activating group) is 1. The van der Waals surface area contributed by atoms with E-state index in [9.17, 15) is 0 Å². The Morgan fingerprint density at radius 2 is 1.94 bits per heavy atom. The molecule has 0 bridgehead atoms. The first kappa shape index (κ1) is 21.8. The van der Waals surface area contributed by atoms with Crippen molar-refractivity contribution in [2.24, 2.45) is 7.05 Å². The number of aryl methyl sites for hydroxylation is 3. The van der Waals surface area contributed by atoms with E-state index in [1.807, 2.05) is 30.8 Å². The van der Waals surface area contributed by atoms with Crippen molar-refractivity contribution in [3.8, 4) is 17.1 Å². The first-order valence-corrected chi connectivity index (χ1v) is 10.8. The van der Waals surface area contributed by atoms with Crippen LogP contribution in [0.3, 0.4) is 0 Å². The van der Waals surface area contributed by atoms with Gasteiger partial charge in [-0.1, -0.05) is 30.8 Å². The van der Waals surface area contributed by atoms with Crippen LogP contribution in [0.2, 0.25) is 0 Å². The minimum atomic E-state index is -0.0294. The Bertz CT molecular complexity index is 1250. The predicted octanol–water partition coefficient (Wildman–Crippen LogP) is 4.29. The number of hydrogen-bond acceptors (Lipinski definition) is 5. The fourth-order valence-electron chi connectivity index (χ4n) is 4.07. The lowest BCUT2D eigenvalue weighted by Gasteiger charge is -2.23. The molecule has 0 saturated heterocycles. The van der Waals surface area contributed by atoms with Crippen molar-refractivity contribution in [3.05, 3.63) is 72.1 Å². The summed E-state index contributed by atoms with van der Waals surface area (Å²) >= 11 is 0. The van der Waals surface area contributed by atoms with E-state index >= 15 is 0 Å². The van der Waals surface area contributed by atoms with Crippen LogP contribution >= 0.6 is 0 Å². The van der Waals surface area contributed by atoms with Gasteiger partial charge in [0.1, 0.15) is 11.9 Å². The van der Waals surface area contributed by atoms with Crippen LogP contribution in [0.1, 0.15) is 29.6 Å². The lowest BCUT2D eigenvalue weighted by atomic mass is 10.1. The topological polar surface area (TPSA) is 60.5 Å². The van der Waals surface area contributed by atoms with Gasteiger partial charge in [0, 0.05) is 26.3 Å². The van der Waals surface area contributed by atoms with Crippen LogP contribution in [-0.4, -0.2) is 48.7 Å². The van der Waals surface area contributed by atoms with Gasteiger partial charge in [-0.2, -0.15) is 5.10 Å². The van der Waals surface area contributed by atoms with E-state index in [1.165, 1.54) is 11.1 Å². The van der Waals surface area contributed by atoms with Crippen molar-refractivity contribution in [2.75, 3.05) is 13.6 Å². The summed E-state index contributed by atoms with van der Waals surface area (Å²) in [5.41, 5.74) is 6.10. The van der Waals surface area contributed by atoms with Crippen molar-refractivity contribution in [1.82, 2.24) is 29.0 Å². The Kier molecular flexibility index (Phi) is 6.10. The van der Waals surface area contributed by atoms with Crippen LogP contribution in [0.25, 0.3) is 22.9 Å². The fraction of sp³-hybridized carbons (Fsp3) is 0.320. The Balaban J connectivity index is 1.56. The average molecular weight is 431 g/mol. The molecule has 4 aromatic rings. The number of nitrogens with zero attached hydrogens (tertiary/aromatic N) is 6. The summed E-state index contributed by atoms with van der Waals surface area (Å²) in [5, 5.41) is 4.60. The summed E-state index contributed by atoms with van der Waals surface area (Å²) in [6, 6.07) is 8.48. The number of aromatic nitrogens is 5. The first-order chi connectivity index (χ1) is 15.4. The van der Waals surface area contributed by atoms with E-state index in [0.29, 0.717) is 5.88 Å². The molecule has 0 spiro atoms. The number of fused-ring (bicyclic) bond motifs is 1. The van der Waals surface area contributed by atoms with Gasteiger partial charge in [-0.25, -0.2) is 9.67 Å². The Morgan fingerprint density at radius 3 is 2.69 bits per heavy atom. The average Bonchev–Trinajstić information content (AvgIpc) is 3.28. The van der Waals surface area contributed by atoms with E-state index < -0.39 is 0 Å². The highest BCUT2D eigenvalue weighted by atomic mass is 16.5. The maximum absolute atomic E-state index is 6.41. The summed E-state index contributed by atoms with van der Waals surface area (Å²) in [5.74, 6) is 1.49. The molecule has 0 aliphatic rings. The second-order valence-corrected chi connectivity index (χ2v) is 8.33. The van der Waals surface area contributed by atoms with Gasteiger partial charge in [-0.15, -0.1) is 0 Å². The fourth-order valence-corrected chi connectivity index (χ4v) is 4.07. The molecule has 1 aromatic carbocycles. The second kappa shape index (κ2) is 8.96. The zero-order valence-corrected chi connectivity index (χ0v) is 19.4. The van der Waals surface area contributed by atoms with Crippen LogP contribution in [-0.2, 0) is 13.6 Å². The summed E-state index contributed by atoms with van der Waals surface area (Å²) in [6.07, 6.45) is 7.26. The summed E-state index contributed by atoms with van der Waals surface area (Å²) in [7, 11) is 4.02. The second-order valence-electron chi connectivity index (χ2n) is 8.33. The number of benzene rings is 1. The first-order valence-electron chi connectivity index (χ1n) is 10.8. The summed E-state index contributed by atoms with van der Waals surface area (Å²) in [4.78, 5) is 11.3. The highest BCUT2D eigenvalue weighted by Gasteiger charge is 2.21. The van der Waals surface area contributed by atoms with Crippen molar-refractivity contribution < 1.29 is 4.74 Å². The standard InChI is InChI=1S/C25H30N6O/c1-7-23-27-13-21-12-26-22(16-31(21)23)24-19(4)28-30(6)25(24)32-18(3)14-29(5)15-20-11-9-8-10-17(20)2/h7-13,16,18H,1,14-15H2,2-6H3. The molecule has 4 rings (SSSR count). The zero-order valence-electron chi connectivity index (χ0n) is 19.4. The molecule has 3 aromatic heterocycles. The number of ether oxygens (including phenoxy) is 1. The molecule has 0 aliphatic heterocycles. The van der Waals surface area contributed by atoms with E-state index in [-0.39, 0.29) is 6.10 Å². The van der Waals surface area contributed by atoms with Gasteiger partial charge in [0.25, 0.3) is 0 Å².